The molecule has 0 saturated carbocycles. The maximum absolute atomic E-state index is 3.55. The molecule has 0 aliphatic carbocycles. The minimum Gasteiger partial charge on any atom is -0.314 e. The highest BCUT2D eigenvalue weighted by Crippen LogP contribution is 2.28. The molecule has 94 valence electrons. The van der Waals surface area contributed by atoms with Gasteiger partial charge in [-0.25, -0.2) is 0 Å². The molecule has 0 bridgehead atoms. The zero-order valence-electron chi connectivity index (χ0n) is 11.5. The van der Waals surface area contributed by atoms with Gasteiger partial charge in [-0.15, -0.1) is 0 Å². The minimum atomic E-state index is 0.749. The molecule has 1 rings (SSSR count). The van der Waals surface area contributed by atoms with Gasteiger partial charge in [-0.3, -0.25) is 0 Å². The van der Waals surface area contributed by atoms with Crippen LogP contribution >= 0.6 is 12.6 Å². The summed E-state index contributed by atoms with van der Waals surface area (Å²) in [6, 6.07) is 0.749. The fourth-order valence-corrected chi connectivity index (χ4v) is 2.46. The van der Waals surface area contributed by atoms with Crippen LogP contribution in [-0.2, 0) is 0 Å². The molecule has 1 N–H and O–H groups in total. The molecule has 1 aliphatic heterocycles. The van der Waals surface area contributed by atoms with Gasteiger partial charge in [-0.05, 0) is 38.0 Å². The monoisotopic (exact) mass is 233 g/mol. The second-order valence-corrected chi connectivity index (χ2v) is 3.77. The molecule has 1 aliphatic rings. The Morgan fingerprint density at radius 3 is 2.00 bits per heavy atom. The molecule has 3 unspecified atom stereocenters. The second kappa shape index (κ2) is 12.4. The van der Waals surface area contributed by atoms with E-state index < -0.39 is 0 Å². The van der Waals surface area contributed by atoms with Crippen LogP contribution in [0.4, 0.5) is 0 Å². The van der Waals surface area contributed by atoms with Crippen molar-refractivity contribution >= 4 is 12.6 Å². The first-order valence-corrected chi connectivity index (χ1v) is 7.37. The number of hydrogen-bond donors (Lipinski definition) is 2. The lowest BCUT2D eigenvalue weighted by Gasteiger charge is -2.36. The predicted molar refractivity (Wildman–Crippen MR) is 75.9 cm³/mol. The topological polar surface area (TPSA) is 12.0 Å². The van der Waals surface area contributed by atoms with Crippen molar-refractivity contribution in [2.75, 3.05) is 12.8 Å². The molecule has 0 aromatic rings. The van der Waals surface area contributed by atoms with Gasteiger partial charge in [0, 0.05) is 6.04 Å². The molecule has 3 atom stereocenters. The molecule has 1 nitrogen and oxygen atoms in total. The third-order valence-corrected chi connectivity index (χ3v) is 3.22. The van der Waals surface area contributed by atoms with E-state index in [0.29, 0.717) is 0 Å². The molecule has 1 fully saturated rings. The van der Waals surface area contributed by atoms with Gasteiger partial charge in [0.2, 0.25) is 0 Å². The molecule has 0 aromatic carbocycles. The molecule has 0 spiro atoms. The van der Waals surface area contributed by atoms with Crippen LogP contribution in [0.1, 0.15) is 53.9 Å². The summed E-state index contributed by atoms with van der Waals surface area (Å²) in [6.07, 6.45) is 5.79. The average molecular weight is 233 g/mol. The van der Waals surface area contributed by atoms with Gasteiger partial charge >= 0.3 is 0 Å². The lowest BCUT2D eigenvalue weighted by molar-refractivity contribution is 0.188. The van der Waals surface area contributed by atoms with E-state index in [-0.39, 0.29) is 0 Å². The largest absolute Gasteiger partial charge is 0.314 e. The van der Waals surface area contributed by atoms with Crippen molar-refractivity contribution in [2.45, 2.75) is 59.9 Å². The maximum Gasteiger partial charge on any atom is 0.00695 e. The van der Waals surface area contributed by atoms with E-state index in [1.807, 2.05) is 13.8 Å². The predicted octanol–water partition coefficient (Wildman–Crippen LogP) is 3.99. The zero-order valence-corrected chi connectivity index (χ0v) is 12.4. The van der Waals surface area contributed by atoms with E-state index in [1.165, 1.54) is 25.8 Å². The number of nitrogens with one attached hydrogen (secondary N) is 1. The van der Waals surface area contributed by atoms with Crippen LogP contribution in [0.2, 0.25) is 0 Å². The first-order chi connectivity index (χ1) is 7.29. The number of thiol groups is 1. The van der Waals surface area contributed by atoms with Gasteiger partial charge in [-0.1, -0.05) is 40.5 Å². The fraction of sp³-hybridized carbons (Fsp3) is 1.00. The van der Waals surface area contributed by atoms with Crippen LogP contribution in [0.25, 0.3) is 0 Å². The van der Waals surface area contributed by atoms with E-state index in [9.17, 15) is 0 Å². The Morgan fingerprint density at radius 1 is 1.13 bits per heavy atom. The van der Waals surface area contributed by atoms with Gasteiger partial charge in [0.1, 0.15) is 0 Å². The minimum absolute atomic E-state index is 0.749. The zero-order chi connectivity index (χ0) is 12.3. The molecular formula is C13H31NS. The standard InChI is InChI=1S/C10H21N.C2H6.CH4S/c1-4-9-6-7-11-8(3)10(9)5-2;2*1-2/h8-11H,4-7H2,1-3H3;1-2H3;2H,1H3. The lowest BCUT2D eigenvalue weighted by Crippen LogP contribution is -2.43. The molecular weight excluding hydrogens is 202 g/mol. The third-order valence-electron chi connectivity index (χ3n) is 3.22. The van der Waals surface area contributed by atoms with E-state index in [0.717, 1.165) is 17.9 Å². The Balaban J connectivity index is 0. The van der Waals surface area contributed by atoms with Crippen molar-refractivity contribution in [1.82, 2.24) is 5.32 Å². The molecule has 15 heavy (non-hydrogen) atoms. The summed E-state index contributed by atoms with van der Waals surface area (Å²) in [5, 5.41) is 3.55. The van der Waals surface area contributed by atoms with Gasteiger partial charge in [0.05, 0.1) is 0 Å². The van der Waals surface area contributed by atoms with E-state index in [1.54, 1.807) is 6.26 Å². The summed E-state index contributed by atoms with van der Waals surface area (Å²) in [6.45, 7) is 12.2. The average Bonchev–Trinajstić information content (AvgIpc) is 2.33. The second-order valence-electron chi connectivity index (χ2n) is 3.77. The van der Waals surface area contributed by atoms with Crippen LogP contribution < -0.4 is 5.32 Å². The Morgan fingerprint density at radius 2 is 1.67 bits per heavy atom. The van der Waals surface area contributed by atoms with Crippen LogP contribution in [-0.4, -0.2) is 18.8 Å². The first-order valence-electron chi connectivity index (χ1n) is 6.47. The smallest absolute Gasteiger partial charge is 0.00695 e. The molecule has 1 saturated heterocycles. The van der Waals surface area contributed by atoms with Crippen LogP contribution in [0.15, 0.2) is 0 Å². The maximum atomic E-state index is 3.55. The van der Waals surface area contributed by atoms with Crippen molar-refractivity contribution in [3.8, 4) is 0 Å². The van der Waals surface area contributed by atoms with Crippen LogP contribution in [0, 0.1) is 11.8 Å². The number of hydrogen-bond acceptors (Lipinski definition) is 2. The summed E-state index contributed by atoms with van der Waals surface area (Å²) in [5.74, 6) is 1.91. The third kappa shape index (κ3) is 6.47. The highest BCUT2D eigenvalue weighted by atomic mass is 32.1. The quantitative estimate of drug-likeness (QED) is 0.687. The molecule has 0 radical (unpaired) electrons. The normalized spacial score (nSPS) is 29.4. The van der Waals surface area contributed by atoms with Crippen molar-refractivity contribution in [1.29, 1.82) is 0 Å². The van der Waals surface area contributed by atoms with Gasteiger partial charge in [0.15, 0.2) is 0 Å². The van der Waals surface area contributed by atoms with Crippen LogP contribution in [0.3, 0.4) is 0 Å². The van der Waals surface area contributed by atoms with Crippen LogP contribution in [0.5, 0.6) is 0 Å². The SMILES string of the molecule is CC.CCC1CCNC(C)C1CC.CS. The highest BCUT2D eigenvalue weighted by Gasteiger charge is 2.27. The van der Waals surface area contributed by atoms with Gasteiger partial charge in [0.25, 0.3) is 0 Å². The molecule has 0 amide bonds. The highest BCUT2D eigenvalue weighted by molar-refractivity contribution is 7.79. The number of rotatable bonds is 2. The van der Waals surface area contributed by atoms with Crippen molar-refractivity contribution in [2.24, 2.45) is 11.8 Å². The summed E-state index contributed by atoms with van der Waals surface area (Å²) in [4.78, 5) is 0. The molecule has 2 heteroatoms. The van der Waals surface area contributed by atoms with E-state index in [2.05, 4.69) is 38.7 Å². The summed E-state index contributed by atoms with van der Waals surface area (Å²) in [7, 11) is 0. The first kappa shape index (κ1) is 17.7. The Labute approximate surface area is 103 Å². The van der Waals surface area contributed by atoms with E-state index in [4.69, 9.17) is 0 Å². The summed E-state index contributed by atoms with van der Waals surface area (Å²) < 4.78 is 0. The Bertz CT molecular complexity index is 117. The molecule has 0 aromatic heterocycles. The van der Waals surface area contributed by atoms with Crippen molar-refractivity contribution in [3.63, 3.8) is 0 Å². The van der Waals surface area contributed by atoms with Gasteiger partial charge < -0.3 is 5.32 Å². The fourth-order valence-electron chi connectivity index (χ4n) is 2.46. The van der Waals surface area contributed by atoms with Gasteiger partial charge in [-0.2, -0.15) is 12.6 Å². The Hall–Kier alpha value is 0.310. The molecule has 1 heterocycles. The number of piperidine rings is 1. The lowest BCUT2D eigenvalue weighted by atomic mass is 9.78. The van der Waals surface area contributed by atoms with Crippen molar-refractivity contribution < 1.29 is 0 Å². The summed E-state index contributed by atoms with van der Waals surface area (Å²) in [5.41, 5.74) is 0. The Kier molecular flexibility index (Phi) is 14.6. The summed E-state index contributed by atoms with van der Waals surface area (Å²) >= 11 is 3.53. The van der Waals surface area contributed by atoms with E-state index >= 15 is 0 Å². The van der Waals surface area contributed by atoms with Crippen molar-refractivity contribution in [3.05, 3.63) is 0 Å².